The van der Waals surface area contributed by atoms with Crippen molar-refractivity contribution in [3.63, 3.8) is 0 Å². The number of benzene rings is 2. The molecule has 4 amide bonds. The zero-order valence-electron chi connectivity index (χ0n) is 22.8. The van der Waals surface area contributed by atoms with Crippen LogP contribution in [-0.2, 0) is 25.5 Å². The Kier molecular flexibility index (Phi) is 9.59. The van der Waals surface area contributed by atoms with Crippen LogP contribution in [0, 0.1) is 29.6 Å². The van der Waals surface area contributed by atoms with E-state index >= 15 is 0 Å². The third-order valence-electron chi connectivity index (χ3n) is 7.08. The van der Waals surface area contributed by atoms with Gasteiger partial charge in [0.25, 0.3) is 0 Å². The molecule has 0 spiro atoms. The fourth-order valence-electron chi connectivity index (χ4n) is 4.96. The van der Waals surface area contributed by atoms with Gasteiger partial charge in [-0.25, -0.2) is 4.79 Å². The van der Waals surface area contributed by atoms with Crippen LogP contribution in [0.1, 0.15) is 38.2 Å². The summed E-state index contributed by atoms with van der Waals surface area (Å²) < 4.78 is 5.34. The number of allylic oxidation sites excluding steroid dienone is 2. The number of esters is 1. The van der Waals surface area contributed by atoms with Gasteiger partial charge in [0.05, 0.1) is 12.3 Å². The Labute approximate surface area is 234 Å². The highest BCUT2D eigenvalue weighted by Crippen LogP contribution is 2.33. The molecule has 8 nitrogen and oxygen atoms in total. The molecule has 1 saturated heterocycles. The van der Waals surface area contributed by atoms with Crippen molar-refractivity contribution in [1.29, 1.82) is 0 Å². The average Bonchev–Trinajstić information content (AvgIpc) is 2.93. The second kappa shape index (κ2) is 13.5. The fourth-order valence-corrected chi connectivity index (χ4v) is 4.96. The number of imide groups is 1. The number of nitrogens with zero attached hydrogens (tertiary/aromatic N) is 2. The smallest absolute Gasteiger partial charge is 0.324 e. The number of nitrogens with one attached hydrogen (secondary N) is 1. The second-order valence-electron chi connectivity index (χ2n) is 9.91. The molecule has 1 heterocycles. The van der Waals surface area contributed by atoms with E-state index < -0.39 is 30.1 Å². The monoisotopic (exact) mass is 539 g/mol. The third kappa shape index (κ3) is 6.90. The number of unbranched alkanes of at least 4 members (excludes halogenated alkanes) is 2. The van der Waals surface area contributed by atoms with Crippen LogP contribution in [0.15, 0.2) is 54.6 Å². The van der Waals surface area contributed by atoms with Crippen molar-refractivity contribution in [2.45, 2.75) is 51.2 Å². The minimum absolute atomic E-state index is 0.0619. The van der Waals surface area contributed by atoms with Crippen molar-refractivity contribution in [3.8, 4) is 23.7 Å². The summed E-state index contributed by atoms with van der Waals surface area (Å²) in [5.74, 6) is 9.92. The van der Waals surface area contributed by atoms with Gasteiger partial charge in [-0.2, -0.15) is 0 Å². The maximum Gasteiger partial charge on any atom is 0.324 e. The summed E-state index contributed by atoms with van der Waals surface area (Å²) in [5, 5.41) is 5.01. The molecule has 2 aromatic rings. The summed E-state index contributed by atoms with van der Waals surface area (Å²) in [4.78, 5) is 52.9. The molecular formula is C32H33N3O5. The highest BCUT2D eigenvalue weighted by molar-refractivity contribution is 6.02. The standard InChI is InChI=1S/C32H33N3O5/c1-23(36)40-28-19-8-5-3-4-7-18-27-30(28)35(31(27)38)32(39)33-20-11-6-12-21-34(2)29(37)22-25-16-13-15-24-14-9-10-17-26(24)25/h3,5,9-10,13-17,27-28,30H,6,11-12,18,20-22H2,1-2H3,(H,33,39)/b5-3-/t27-,28-,30+/m1/s1. The number of ether oxygens (including phenoxy) is 1. The maximum absolute atomic E-state index is 12.9. The van der Waals surface area contributed by atoms with Gasteiger partial charge in [0, 0.05) is 33.5 Å². The predicted molar refractivity (Wildman–Crippen MR) is 152 cm³/mol. The van der Waals surface area contributed by atoms with Crippen molar-refractivity contribution in [2.24, 2.45) is 5.92 Å². The Morgan fingerprint density at radius 2 is 1.82 bits per heavy atom. The van der Waals surface area contributed by atoms with Crippen LogP contribution < -0.4 is 5.32 Å². The molecule has 1 fully saturated rings. The highest BCUT2D eigenvalue weighted by atomic mass is 16.5. The van der Waals surface area contributed by atoms with Crippen LogP contribution in [0.5, 0.6) is 0 Å². The first kappa shape index (κ1) is 28.4. The lowest BCUT2D eigenvalue weighted by Crippen LogP contribution is -2.69. The van der Waals surface area contributed by atoms with Crippen molar-refractivity contribution < 1.29 is 23.9 Å². The summed E-state index contributed by atoms with van der Waals surface area (Å²) in [6.07, 6.45) is 5.08. The normalized spacial score (nSPS) is 20.0. The van der Waals surface area contributed by atoms with Crippen molar-refractivity contribution in [2.75, 3.05) is 20.1 Å². The van der Waals surface area contributed by atoms with Gasteiger partial charge in [-0.1, -0.05) is 66.1 Å². The highest BCUT2D eigenvalue weighted by Gasteiger charge is 2.54. The number of β-lactam (4-membered cyclic amide) rings is 1. The van der Waals surface area contributed by atoms with Gasteiger partial charge in [-0.3, -0.25) is 19.3 Å². The molecule has 4 rings (SSSR count). The van der Waals surface area contributed by atoms with Gasteiger partial charge in [0.15, 0.2) is 6.10 Å². The van der Waals surface area contributed by atoms with E-state index in [1.165, 1.54) is 6.92 Å². The van der Waals surface area contributed by atoms with Gasteiger partial charge in [0.2, 0.25) is 11.8 Å². The van der Waals surface area contributed by atoms with E-state index in [9.17, 15) is 19.2 Å². The quantitative estimate of drug-likeness (QED) is 0.228. The van der Waals surface area contributed by atoms with Crippen molar-refractivity contribution >= 4 is 34.6 Å². The van der Waals surface area contributed by atoms with Gasteiger partial charge in [-0.05, 0) is 47.8 Å². The topological polar surface area (TPSA) is 96.0 Å². The minimum Gasteiger partial charge on any atom is -0.447 e. The lowest BCUT2D eigenvalue weighted by Gasteiger charge is -2.46. The minimum atomic E-state index is -0.919. The molecule has 0 radical (unpaired) electrons. The van der Waals surface area contributed by atoms with E-state index in [2.05, 4.69) is 29.0 Å². The predicted octanol–water partition coefficient (Wildman–Crippen LogP) is 3.45. The van der Waals surface area contributed by atoms with Gasteiger partial charge in [-0.15, -0.1) is 0 Å². The van der Waals surface area contributed by atoms with Gasteiger partial charge >= 0.3 is 12.0 Å². The molecule has 1 aliphatic carbocycles. The van der Waals surface area contributed by atoms with Crippen molar-refractivity contribution in [1.82, 2.24) is 15.1 Å². The number of likely N-dealkylation sites (tertiary alicyclic amines) is 1. The number of hydrogen-bond acceptors (Lipinski definition) is 5. The first-order valence-electron chi connectivity index (χ1n) is 13.5. The van der Waals surface area contributed by atoms with Crippen LogP contribution in [0.3, 0.4) is 0 Å². The summed E-state index contributed by atoms with van der Waals surface area (Å²) in [6, 6.07) is 12.8. The summed E-state index contributed by atoms with van der Waals surface area (Å²) in [6.45, 7) is 2.26. The summed E-state index contributed by atoms with van der Waals surface area (Å²) in [5.41, 5.74) is 1.02. The van der Waals surface area contributed by atoms with Crippen molar-refractivity contribution in [3.05, 3.63) is 60.2 Å². The third-order valence-corrected chi connectivity index (χ3v) is 7.08. The molecule has 2 aromatic carbocycles. The van der Waals surface area contributed by atoms with Crippen LogP contribution >= 0.6 is 0 Å². The van der Waals surface area contributed by atoms with E-state index in [1.807, 2.05) is 49.5 Å². The van der Waals surface area contributed by atoms with E-state index in [0.29, 0.717) is 25.9 Å². The van der Waals surface area contributed by atoms with Crippen LogP contribution in [0.2, 0.25) is 0 Å². The molecule has 3 atom stereocenters. The molecule has 0 unspecified atom stereocenters. The SMILES string of the molecule is CC(=O)O[C@@H]1C#C/C=C\C#CC[C@H]2C(=O)N(C(=O)NCCCCCN(C)C(=O)Cc3cccc4ccccc34)[C@H]12. The Morgan fingerprint density at radius 3 is 2.65 bits per heavy atom. The fraction of sp³-hybridized carbons (Fsp3) is 0.375. The Balaban J connectivity index is 1.22. The first-order valence-corrected chi connectivity index (χ1v) is 13.5. The number of carbonyl (C=O) groups is 4. The molecule has 8 heteroatoms. The van der Waals surface area contributed by atoms with Gasteiger partial charge in [0.1, 0.15) is 6.04 Å². The molecule has 0 bridgehead atoms. The van der Waals surface area contributed by atoms with E-state index in [1.54, 1.807) is 17.1 Å². The van der Waals surface area contributed by atoms with E-state index in [4.69, 9.17) is 4.74 Å². The molecule has 0 aromatic heterocycles. The summed E-state index contributed by atoms with van der Waals surface area (Å²) in [7, 11) is 1.81. The van der Waals surface area contributed by atoms with E-state index in [0.717, 1.165) is 34.1 Å². The van der Waals surface area contributed by atoms with Crippen LogP contribution in [0.25, 0.3) is 10.8 Å². The first-order chi connectivity index (χ1) is 19.4. The zero-order valence-corrected chi connectivity index (χ0v) is 22.8. The van der Waals surface area contributed by atoms with Crippen LogP contribution in [-0.4, -0.2) is 65.9 Å². The molecule has 2 aliphatic rings. The molecule has 206 valence electrons. The zero-order chi connectivity index (χ0) is 28.5. The lowest BCUT2D eigenvalue weighted by molar-refractivity contribution is -0.164. The average molecular weight is 540 g/mol. The molecule has 0 saturated carbocycles. The Bertz CT molecular complexity index is 1440. The molecule has 1 aliphatic heterocycles. The van der Waals surface area contributed by atoms with Gasteiger partial charge < -0.3 is 15.0 Å². The summed E-state index contributed by atoms with van der Waals surface area (Å²) >= 11 is 0. The second-order valence-corrected chi connectivity index (χ2v) is 9.91. The molecule has 1 N–H and O–H groups in total. The number of rotatable bonds is 9. The largest absolute Gasteiger partial charge is 0.447 e. The van der Waals surface area contributed by atoms with Crippen LogP contribution in [0.4, 0.5) is 4.79 Å². The number of amides is 4. The molecule has 40 heavy (non-hydrogen) atoms. The lowest BCUT2D eigenvalue weighted by atomic mass is 9.81. The number of urea groups is 1. The number of carbonyl (C=O) groups excluding carboxylic acids is 4. The number of likely N-dealkylation sites (N-methyl/N-ethyl adjacent to an activating group) is 1. The number of fused-ring (bicyclic) bond motifs is 2. The molecular weight excluding hydrogens is 506 g/mol. The van der Waals surface area contributed by atoms with E-state index in [-0.39, 0.29) is 18.2 Å². The Morgan fingerprint density at radius 1 is 1.05 bits per heavy atom. The maximum atomic E-state index is 12.9. The Hall–Kier alpha value is -4.56. The number of hydrogen-bond donors (Lipinski definition) is 1.